The molecule has 2 heterocycles. The minimum Gasteiger partial charge on any atom is -0.441 e. The molecule has 1 saturated heterocycles. The highest BCUT2D eigenvalue weighted by Crippen LogP contribution is 2.22. The molecule has 2 aromatic rings. The fraction of sp³-hybridized carbons (Fsp3) is 0.389. The largest absolute Gasteiger partial charge is 0.441 e. The number of amides is 2. The first-order chi connectivity index (χ1) is 11.6. The Bertz CT molecular complexity index is 739. The minimum absolute atomic E-state index is 0.0493. The van der Waals surface area contributed by atoms with Gasteiger partial charge in [0, 0.05) is 38.7 Å². The van der Waals surface area contributed by atoms with Gasteiger partial charge in [-0.2, -0.15) is 0 Å². The summed E-state index contributed by atoms with van der Waals surface area (Å²) >= 11 is 0. The summed E-state index contributed by atoms with van der Waals surface area (Å²) in [7, 11) is 0. The lowest BCUT2D eigenvalue weighted by atomic mass is 10.2. The first kappa shape index (κ1) is 16.2. The van der Waals surface area contributed by atoms with Gasteiger partial charge in [-0.3, -0.25) is 9.59 Å². The van der Waals surface area contributed by atoms with E-state index in [1.54, 1.807) is 23.6 Å². The van der Waals surface area contributed by atoms with Crippen LogP contribution < -0.4 is 0 Å². The molecule has 24 heavy (non-hydrogen) atoms. The molecule has 0 atom stereocenters. The van der Waals surface area contributed by atoms with Crippen molar-refractivity contribution in [1.82, 2.24) is 14.8 Å². The summed E-state index contributed by atoms with van der Waals surface area (Å²) in [6.07, 6.45) is 0.772. The molecule has 1 aliphatic heterocycles. The summed E-state index contributed by atoms with van der Waals surface area (Å²) < 4.78 is 5.68. The smallest absolute Gasteiger partial charge is 0.276 e. The van der Waals surface area contributed by atoms with Crippen LogP contribution in [0.4, 0.5) is 0 Å². The Balaban J connectivity index is 1.78. The van der Waals surface area contributed by atoms with E-state index in [1.165, 1.54) is 0 Å². The second-order valence-corrected chi connectivity index (χ2v) is 5.94. The van der Waals surface area contributed by atoms with E-state index in [-0.39, 0.29) is 11.8 Å². The number of aryl methyl sites for hydroxylation is 1. The molecule has 6 heteroatoms. The van der Waals surface area contributed by atoms with Gasteiger partial charge in [-0.1, -0.05) is 18.2 Å². The van der Waals surface area contributed by atoms with Gasteiger partial charge in [-0.05, 0) is 25.5 Å². The number of rotatable bonds is 2. The lowest BCUT2D eigenvalue weighted by molar-refractivity contribution is -0.128. The molecule has 0 N–H and O–H groups in total. The van der Waals surface area contributed by atoms with Gasteiger partial charge in [0.15, 0.2) is 5.69 Å². The van der Waals surface area contributed by atoms with Gasteiger partial charge in [0.1, 0.15) is 5.76 Å². The SMILES string of the molecule is CC(=O)N1CCCN(C(=O)c2nc(-c3ccccc3)oc2C)CC1. The van der Waals surface area contributed by atoms with Crippen molar-refractivity contribution < 1.29 is 14.0 Å². The molecule has 0 saturated carbocycles. The third kappa shape index (κ3) is 3.32. The highest BCUT2D eigenvalue weighted by Gasteiger charge is 2.26. The van der Waals surface area contributed by atoms with E-state index in [4.69, 9.17) is 4.42 Å². The average Bonchev–Trinajstić information content (AvgIpc) is 2.81. The van der Waals surface area contributed by atoms with Gasteiger partial charge in [-0.15, -0.1) is 0 Å². The zero-order valence-electron chi connectivity index (χ0n) is 14.0. The van der Waals surface area contributed by atoms with Crippen molar-refractivity contribution in [3.05, 3.63) is 41.8 Å². The number of aromatic nitrogens is 1. The van der Waals surface area contributed by atoms with E-state index in [0.29, 0.717) is 43.5 Å². The van der Waals surface area contributed by atoms with E-state index in [0.717, 1.165) is 12.0 Å². The second kappa shape index (κ2) is 6.86. The van der Waals surface area contributed by atoms with Gasteiger partial charge < -0.3 is 14.2 Å². The predicted octanol–water partition coefficient (Wildman–Crippen LogP) is 2.34. The van der Waals surface area contributed by atoms with Crippen LogP contribution in [0.25, 0.3) is 11.5 Å². The van der Waals surface area contributed by atoms with Crippen molar-refractivity contribution in [2.75, 3.05) is 26.2 Å². The summed E-state index contributed by atoms with van der Waals surface area (Å²) in [5.74, 6) is 0.889. The van der Waals surface area contributed by atoms with E-state index < -0.39 is 0 Å². The number of benzene rings is 1. The molecule has 0 bridgehead atoms. The van der Waals surface area contributed by atoms with Crippen molar-refractivity contribution in [1.29, 1.82) is 0 Å². The molecule has 0 aliphatic carbocycles. The highest BCUT2D eigenvalue weighted by molar-refractivity contribution is 5.93. The summed E-state index contributed by atoms with van der Waals surface area (Å²) in [5.41, 5.74) is 1.20. The molecular formula is C18H21N3O3. The topological polar surface area (TPSA) is 66.7 Å². The number of nitrogens with zero attached hydrogens (tertiary/aromatic N) is 3. The number of carbonyl (C=O) groups excluding carboxylic acids is 2. The second-order valence-electron chi connectivity index (χ2n) is 5.94. The molecule has 0 spiro atoms. The maximum Gasteiger partial charge on any atom is 0.276 e. The molecule has 126 valence electrons. The third-order valence-corrected chi connectivity index (χ3v) is 4.25. The van der Waals surface area contributed by atoms with Gasteiger partial charge in [-0.25, -0.2) is 4.98 Å². The monoisotopic (exact) mass is 327 g/mol. The third-order valence-electron chi connectivity index (χ3n) is 4.25. The molecule has 6 nitrogen and oxygen atoms in total. The van der Waals surface area contributed by atoms with E-state index in [2.05, 4.69) is 4.98 Å². The zero-order valence-corrected chi connectivity index (χ0v) is 14.0. The molecule has 0 unspecified atom stereocenters. The maximum atomic E-state index is 12.8. The number of carbonyl (C=O) groups is 2. The summed E-state index contributed by atoms with van der Waals surface area (Å²) in [6.45, 7) is 5.70. The molecular weight excluding hydrogens is 306 g/mol. The Morgan fingerprint density at radius 3 is 2.42 bits per heavy atom. The lowest BCUT2D eigenvalue weighted by Gasteiger charge is -2.20. The van der Waals surface area contributed by atoms with Crippen LogP contribution in [-0.2, 0) is 4.79 Å². The minimum atomic E-state index is -0.135. The first-order valence-corrected chi connectivity index (χ1v) is 8.14. The van der Waals surface area contributed by atoms with Crippen LogP contribution in [0.3, 0.4) is 0 Å². The van der Waals surface area contributed by atoms with Crippen molar-refractivity contribution >= 4 is 11.8 Å². The molecule has 1 aromatic heterocycles. The van der Waals surface area contributed by atoms with Crippen LogP contribution in [0.15, 0.2) is 34.7 Å². The van der Waals surface area contributed by atoms with Crippen molar-refractivity contribution in [2.45, 2.75) is 20.3 Å². The molecule has 1 aromatic carbocycles. The standard InChI is InChI=1S/C18H21N3O3/c1-13-16(19-17(24-13)15-7-4-3-5-8-15)18(23)21-10-6-9-20(11-12-21)14(2)22/h3-5,7-8H,6,9-12H2,1-2H3. The number of hydrogen-bond acceptors (Lipinski definition) is 4. The number of hydrogen-bond donors (Lipinski definition) is 0. The molecule has 1 aliphatic rings. The quantitative estimate of drug-likeness (QED) is 0.849. The normalized spacial score (nSPS) is 15.2. The van der Waals surface area contributed by atoms with Crippen molar-refractivity contribution in [3.63, 3.8) is 0 Å². The van der Waals surface area contributed by atoms with Crippen LogP contribution in [0, 0.1) is 6.92 Å². The van der Waals surface area contributed by atoms with Gasteiger partial charge in [0.25, 0.3) is 5.91 Å². The van der Waals surface area contributed by atoms with Crippen LogP contribution in [0.1, 0.15) is 29.6 Å². The fourth-order valence-electron chi connectivity index (χ4n) is 2.88. The van der Waals surface area contributed by atoms with Crippen LogP contribution >= 0.6 is 0 Å². The first-order valence-electron chi connectivity index (χ1n) is 8.14. The Kier molecular flexibility index (Phi) is 4.64. The highest BCUT2D eigenvalue weighted by atomic mass is 16.4. The predicted molar refractivity (Wildman–Crippen MR) is 89.5 cm³/mol. The van der Waals surface area contributed by atoms with Crippen LogP contribution in [0.2, 0.25) is 0 Å². The molecule has 3 rings (SSSR count). The van der Waals surface area contributed by atoms with E-state index in [9.17, 15) is 9.59 Å². The van der Waals surface area contributed by atoms with Crippen LogP contribution in [-0.4, -0.2) is 52.8 Å². The zero-order chi connectivity index (χ0) is 17.1. The van der Waals surface area contributed by atoms with Crippen molar-refractivity contribution in [2.24, 2.45) is 0 Å². The van der Waals surface area contributed by atoms with E-state index >= 15 is 0 Å². The van der Waals surface area contributed by atoms with Gasteiger partial charge in [0.2, 0.25) is 11.8 Å². The van der Waals surface area contributed by atoms with Gasteiger partial charge in [0.05, 0.1) is 0 Å². The van der Waals surface area contributed by atoms with Crippen molar-refractivity contribution in [3.8, 4) is 11.5 Å². The Morgan fingerprint density at radius 2 is 1.71 bits per heavy atom. The van der Waals surface area contributed by atoms with E-state index in [1.807, 2.05) is 30.3 Å². The number of oxazole rings is 1. The fourth-order valence-corrected chi connectivity index (χ4v) is 2.88. The lowest BCUT2D eigenvalue weighted by Crippen LogP contribution is -2.36. The average molecular weight is 327 g/mol. The molecule has 2 amide bonds. The summed E-state index contributed by atoms with van der Waals surface area (Å²) in [6, 6.07) is 9.53. The maximum absolute atomic E-state index is 12.8. The summed E-state index contributed by atoms with van der Waals surface area (Å²) in [4.78, 5) is 32.2. The Hall–Kier alpha value is -2.63. The summed E-state index contributed by atoms with van der Waals surface area (Å²) in [5, 5.41) is 0. The Morgan fingerprint density at radius 1 is 1.04 bits per heavy atom. The molecule has 0 radical (unpaired) electrons. The van der Waals surface area contributed by atoms with Crippen LogP contribution in [0.5, 0.6) is 0 Å². The molecule has 1 fully saturated rings. The Labute approximate surface area is 141 Å². The van der Waals surface area contributed by atoms with Gasteiger partial charge >= 0.3 is 0 Å².